The molecule has 8 bridgehead atoms. The van der Waals surface area contributed by atoms with Crippen LogP contribution in [0.2, 0.25) is 0 Å². The molecular formula is C26H27N5O4S2. The standard InChI is InChI=1S/C26H27N5O4S2/c1-35-22-8-7-17-11-20(22)30-37(33,34)19-6-2-5-18(10-19)26(32)27-13-16-4-3-9-31(14-16)25-24-21(28-15-29-25)12-23(17)36-24/h2,5-8,10-12,15-16,26-27,30,32H,3-4,9,13-14H2,1H3. The van der Waals surface area contributed by atoms with Gasteiger partial charge >= 0.3 is 0 Å². The molecule has 6 rings (SSSR count). The Morgan fingerprint density at radius 2 is 2.05 bits per heavy atom. The molecule has 1 saturated heterocycles. The van der Waals surface area contributed by atoms with Gasteiger partial charge in [0.05, 0.1) is 27.9 Å². The van der Waals surface area contributed by atoms with E-state index < -0.39 is 16.3 Å². The van der Waals surface area contributed by atoms with Crippen LogP contribution in [-0.4, -0.2) is 50.2 Å². The summed E-state index contributed by atoms with van der Waals surface area (Å²) in [6, 6.07) is 13.8. The van der Waals surface area contributed by atoms with Gasteiger partial charge in [0.15, 0.2) is 0 Å². The van der Waals surface area contributed by atoms with E-state index in [2.05, 4.69) is 24.9 Å². The van der Waals surface area contributed by atoms with E-state index in [1.54, 1.807) is 41.9 Å². The smallest absolute Gasteiger partial charge is 0.262 e. The number of rotatable bonds is 1. The minimum atomic E-state index is -3.95. The third kappa shape index (κ3) is 4.63. The first-order valence-electron chi connectivity index (χ1n) is 12.1. The van der Waals surface area contributed by atoms with Crippen LogP contribution >= 0.6 is 11.3 Å². The predicted octanol–water partition coefficient (Wildman–Crippen LogP) is 3.98. The SMILES string of the molecule is COc1ccc2cc1NS(=O)(=O)c1cccc(c1)C(O)NCC1CCCN(C1)c1ncnc3cc-2sc13. The van der Waals surface area contributed by atoms with Gasteiger partial charge in [-0.2, -0.15) is 0 Å². The molecule has 0 radical (unpaired) electrons. The van der Waals surface area contributed by atoms with Crippen molar-refractivity contribution in [2.24, 2.45) is 5.92 Å². The Labute approximate surface area is 219 Å². The Morgan fingerprint density at radius 3 is 2.92 bits per heavy atom. The Kier molecular flexibility index (Phi) is 6.23. The molecule has 37 heavy (non-hydrogen) atoms. The maximum absolute atomic E-state index is 13.4. The lowest BCUT2D eigenvalue weighted by atomic mass is 9.97. The molecule has 4 aromatic rings. The van der Waals surface area contributed by atoms with Crippen LogP contribution in [0.1, 0.15) is 24.6 Å². The molecule has 0 saturated carbocycles. The van der Waals surface area contributed by atoms with Gasteiger partial charge in [-0.05, 0) is 66.3 Å². The van der Waals surface area contributed by atoms with Crippen molar-refractivity contribution in [1.82, 2.24) is 15.3 Å². The summed E-state index contributed by atoms with van der Waals surface area (Å²) >= 11 is 1.59. The monoisotopic (exact) mass is 537 g/mol. The van der Waals surface area contributed by atoms with Crippen molar-refractivity contribution in [2.75, 3.05) is 36.4 Å². The molecule has 11 heteroatoms. The molecule has 0 spiro atoms. The number of nitrogens with zero attached hydrogens (tertiary/aromatic N) is 3. The molecular weight excluding hydrogens is 510 g/mol. The summed E-state index contributed by atoms with van der Waals surface area (Å²) in [5.41, 5.74) is 2.51. The summed E-state index contributed by atoms with van der Waals surface area (Å²) in [7, 11) is -2.45. The van der Waals surface area contributed by atoms with Crippen LogP contribution in [0.15, 0.2) is 59.8 Å². The first-order valence-corrected chi connectivity index (χ1v) is 14.4. The summed E-state index contributed by atoms with van der Waals surface area (Å²) in [5, 5.41) is 14.0. The molecule has 1 fully saturated rings. The maximum atomic E-state index is 13.4. The number of nitrogens with one attached hydrogen (secondary N) is 2. The molecule has 2 atom stereocenters. The minimum Gasteiger partial charge on any atom is -0.495 e. The van der Waals surface area contributed by atoms with E-state index in [0.29, 0.717) is 29.5 Å². The zero-order valence-corrected chi connectivity index (χ0v) is 21.8. The Balaban J connectivity index is 1.51. The zero-order chi connectivity index (χ0) is 25.6. The second kappa shape index (κ2) is 9.56. The van der Waals surface area contributed by atoms with Gasteiger partial charge in [0.2, 0.25) is 0 Å². The zero-order valence-electron chi connectivity index (χ0n) is 20.2. The molecule has 2 aliphatic rings. The largest absolute Gasteiger partial charge is 0.495 e. The molecule has 0 amide bonds. The van der Waals surface area contributed by atoms with Crippen LogP contribution in [0, 0.1) is 5.92 Å². The number of fused-ring (bicyclic) bond motifs is 9. The number of hydrogen-bond donors (Lipinski definition) is 3. The third-order valence-electron chi connectivity index (χ3n) is 6.92. The number of aliphatic hydroxyl groups is 1. The highest BCUT2D eigenvalue weighted by Crippen LogP contribution is 2.40. The van der Waals surface area contributed by atoms with E-state index in [4.69, 9.17) is 4.74 Å². The summed E-state index contributed by atoms with van der Waals surface area (Å²) in [6.45, 7) is 2.32. The van der Waals surface area contributed by atoms with E-state index in [1.807, 2.05) is 12.1 Å². The number of thiophene rings is 1. The fraction of sp³-hybridized carbons (Fsp3) is 0.308. The Bertz CT molecular complexity index is 1570. The topological polar surface area (TPSA) is 117 Å². The van der Waals surface area contributed by atoms with Crippen LogP contribution in [0.3, 0.4) is 0 Å². The van der Waals surface area contributed by atoms with E-state index >= 15 is 0 Å². The molecule has 2 aromatic carbocycles. The van der Waals surface area contributed by atoms with Crippen molar-refractivity contribution in [3.05, 3.63) is 60.4 Å². The highest BCUT2D eigenvalue weighted by molar-refractivity contribution is 7.92. The van der Waals surface area contributed by atoms with Crippen molar-refractivity contribution in [1.29, 1.82) is 0 Å². The fourth-order valence-corrected chi connectivity index (χ4v) is 7.27. The number of anilines is 2. The number of ether oxygens (including phenoxy) is 1. The number of benzene rings is 2. The molecule has 3 N–H and O–H groups in total. The van der Waals surface area contributed by atoms with E-state index in [9.17, 15) is 13.5 Å². The Morgan fingerprint density at radius 1 is 1.16 bits per heavy atom. The van der Waals surface area contributed by atoms with Gasteiger partial charge in [0, 0.05) is 24.5 Å². The molecule has 2 unspecified atom stereocenters. The number of sulfonamides is 1. The van der Waals surface area contributed by atoms with Crippen molar-refractivity contribution in [3.63, 3.8) is 0 Å². The normalized spacial score (nSPS) is 21.2. The van der Waals surface area contributed by atoms with Crippen LogP contribution < -0.4 is 19.7 Å². The van der Waals surface area contributed by atoms with Gasteiger partial charge in [-0.3, -0.25) is 10.0 Å². The predicted molar refractivity (Wildman–Crippen MR) is 145 cm³/mol. The van der Waals surface area contributed by atoms with Crippen molar-refractivity contribution in [2.45, 2.75) is 24.0 Å². The van der Waals surface area contributed by atoms with Crippen LogP contribution in [0.5, 0.6) is 5.75 Å². The summed E-state index contributed by atoms with van der Waals surface area (Å²) in [6.07, 6.45) is 2.66. The highest BCUT2D eigenvalue weighted by Gasteiger charge is 2.25. The highest BCUT2D eigenvalue weighted by atomic mass is 32.2. The first-order chi connectivity index (χ1) is 17.9. The molecule has 4 heterocycles. The van der Waals surface area contributed by atoms with Gasteiger partial charge in [0.1, 0.15) is 24.1 Å². The van der Waals surface area contributed by atoms with E-state index in [-0.39, 0.29) is 4.90 Å². The summed E-state index contributed by atoms with van der Waals surface area (Å²) in [4.78, 5) is 12.5. The fourth-order valence-electron chi connectivity index (χ4n) is 5.03. The number of piperidine rings is 1. The molecule has 192 valence electrons. The molecule has 9 nitrogen and oxygen atoms in total. The number of methoxy groups -OCH3 is 1. The summed E-state index contributed by atoms with van der Waals surface area (Å²) < 4.78 is 35.8. The number of aliphatic hydroxyl groups excluding tert-OH is 1. The first kappa shape index (κ1) is 24.1. The number of aromatic nitrogens is 2. The molecule has 2 aromatic heterocycles. The third-order valence-corrected chi connectivity index (χ3v) is 9.46. The second-order valence-corrected chi connectivity index (χ2v) is 12.1. The van der Waals surface area contributed by atoms with Gasteiger partial charge < -0.3 is 14.7 Å². The second-order valence-electron chi connectivity index (χ2n) is 9.38. The lowest BCUT2D eigenvalue weighted by molar-refractivity contribution is 0.130. The van der Waals surface area contributed by atoms with E-state index in [0.717, 1.165) is 52.4 Å². The molecule has 2 aliphatic heterocycles. The lowest BCUT2D eigenvalue weighted by Crippen LogP contribution is -2.40. The Hall–Kier alpha value is -3.25. The van der Waals surface area contributed by atoms with Gasteiger partial charge in [-0.25, -0.2) is 18.4 Å². The molecule has 0 aliphatic carbocycles. The van der Waals surface area contributed by atoms with Crippen molar-refractivity contribution in [3.8, 4) is 16.2 Å². The summed E-state index contributed by atoms with van der Waals surface area (Å²) in [5.74, 6) is 1.62. The van der Waals surface area contributed by atoms with Gasteiger partial charge in [-0.1, -0.05) is 12.1 Å². The van der Waals surface area contributed by atoms with Crippen LogP contribution in [0.25, 0.3) is 20.7 Å². The minimum absolute atomic E-state index is 0.0602. The van der Waals surface area contributed by atoms with Crippen molar-refractivity contribution >= 4 is 43.1 Å². The van der Waals surface area contributed by atoms with Gasteiger partial charge in [0.25, 0.3) is 10.0 Å². The van der Waals surface area contributed by atoms with E-state index in [1.165, 1.54) is 19.2 Å². The van der Waals surface area contributed by atoms with Crippen molar-refractivity contribution < 1.29 is 18.3 Å². The van der Waals surface area contributed by atoms with Gasteiger partial charge in [-0.15, -0.1) is 11.3 Å². The quantitative estimate of drug-likeness (QED) is 0.334. The average Bonchev–Trinajstić information content (AvgIpc) is 3.36. The maximum Gasteiger partial charge on any atom is 0.262 e. The lowest BCUT2D eigenvalue weighted by Gasteiger charge is -2.34. The number of hydrogen-bond acceptors (Lipinski definition) is 9. The average molecular weight is 538 g/mol. The van der Waals surface area contributed by atoms with Crippen LogP contribution in [0.4, 0.5) is 11.5 Å². The van der Waals surface area contributed by atoms with Crippen LogP contribution in [-0.2, 0) is 10.0 Å².